The summed E-state index contributed by atoms with van der Waals surface area (Å²) in [6.45, 7) is 1.83. The van der Waals surface area contributed by atoms with E-state index in [1.165, 1.54) is 0 Å². The van der Waals surface area contributed by atoms with Crippen molar-refractivity contribution >= 4 is 34.8 Å². The van der Waals surface area contributed by atoms with Crippen LogP contribution in [0.1, 0.15) is 5.56 Å². The molecule has 0 heterocycles. The topological polar surface area (TPSA) is 70.6 Å². The molecule has 0 spiro atoms. The Morgan fingerprint density at radius 1 is 1.43 bits per heavy atom. The van der Waals surface area contributed by atoms with Gasteiger partial charge in [-0.1, -0.05) is 23.2 Å². The Kier molecular flexibility index (Phi) is 3.57. The summed E-state index contributed by atoms with van der Waals surface area (Å²) in [4.78, 5) is 3.80. The molecule has 14 heavy (non-hydrogen) atoms. The minimum Gasteiger partial charge on any atom is -0.368 e. The number of nitrogens with one attached hydrogen (secondary N) is 1. The lowest BCUT2D eigenvalue weighted by atomic mass is 10.2. The fourth-order valence-electron chi connectivity index (χ4n) is 0.876. The van der Waals surface area contributed by atoms with E-state index in [1.807, 2.05) is 6.92 Å². The van der Waals surface area contributed by atoms with Crippen molar-refractivity contribution in [2.24, 2.45) is 10.7 Å². The van der Waals surface area contributed by atoms with Crippen molar-refractivity contribution in [1.82, 2.24) is 5.48 Å². The third kappa shape index (κ3) is 2.51. The van der Waals surface area contributed by atoms with Gasteiger partial charge in [-0.3, -0.25) is 5.21 Å². The molecule has 1 rings (SSSR count). The van der Waals surface area contributed by atoms with Gasteiger partial charge in [-0.15, -0.1) is 0 Å². The molecule has 0 aliphatic rings. The molecule has 0 amide bonds. The maximum absolute atomic E-state index is 8.43. The van der Waals surface area contributed by atoms with Crippen LogP contribution >= 0.6 is 23.2 Å². The lowest BCUT2D eigenvalue weighted by molar-refractivity contribution is 0.233. The molecule has 0 saturated carbocycles. The standard InChI is InChI=1S/C8H9Cl2N3O/c1-4-2-6(10)7(3-5(4)9)12-8(11)13-14/h2-3,14H,1H3,(H3,11,12,13). The molecular weight excluding hydrogens is 225 g/mol. The summed E-state index contributed by atoms with van der Waals surface area (Å²) in [5, 5.41) is 9.39. The highest BCUT2D eigenvalue weighted by Crippen LogP contribution is 2.30. The number of halogens is 2. The summed E-state index contributed by atoms with van der Waals surface area (Å²) < 4.78 is 0. The van der Waals surface area contributed by atoms with Crippen LogP contribution in [0.15, 0.2) is 17.1 Å². The fraction of sp³-hybridized carbons (Fsp3) is 0.125. The van der Waals surface area contributed by atoms with Gasteiger partial charge in [0, 0.05) is 5.02 Å². The van der Waals surface area contributed by atoms with Crippen molar-refractivity contribution in [2.45, 2.75) is 6.92 Å². The fourth-order valence-corrected chi connectivity index (χ4v) is 1.29. The number of nitrogens with two attached hydrogens (primary N) is 1. The van der Waals surface area contributed by atoms with Crippen LogP contribution in [0.3, 0.4) is 0 Å². The van der Waals surface area contributed by atoms with Crippen LogP contribution in [0, 0.1) is 6.92 Å². The average molecular weight is 234 g/mol. The Bertz CT molecular complexity index is 379. The molecule has 0 aromatic heterocycles. The first-order chi connectivity index (χ1) is 6.54. The Balaban J connectivity index is 3.16. The number of hydrogen-bond donors (Lipinski definition) is 3. The molecule has 0 aliphatic heterocycles. The van der Waals surface area contributed by atoms with E-state index in [4.69, 9.17) is 34.1 Å². The predicted molar refractivity (Wildman–Crippen MR) is 57.4 cm³/mol. The van der Waals surface area contributed by atoms with E-state index in [9.17, 15) is 0 Å². The molecule has 6 heteroatoms. The van der Waals surface area contributed by atoms with Gasteiger partial charge in [0.1, 0.15) is 0 Å². The van der Waals surface area contributed by atoms with Crippen LogP contribution in [0.2, 0.25) is 10.0 Å². The highest BCUT2D eigenvalue weighted by molar-refractivity contribution is 6.35. The van der Waals surface area contributed by atoms with Gasteiger partial charge in [0.05, 0.1) is 10.7 Å². The summed E-state index contributed by atoms with van der Waals surface area (Å²) >= 11 is 11.7. The van der Waals surface area contributed by atoms with Crippen LogP contribution in [0.25, 0.3) is 0 Å². The van der Waals surface area contributed by atoms with Gasteiger partial charge >= 0.3 is 0 Å². The maximum Gasteiger partial charge on any atom is 0.218 e. The third-order valence-corrected chi connectivity index (χ3v) is 2.29. The first-order valence-corrected chi connectivity index (χ1v) is 4.50. The summed E-state index contributed by atoms with van der Waals surface area (Å²) in [6, 6.07) is 3.25. The average Bonchev–Trinajstić information content (AvgIpc) is 2.14. The monoisotopic (exact) mass is 233 g/mol. The van der Waals surface area contributed by atoms with Crippen molar-refractivity contribution in [3.8, 4) is 0 Å². The molecule has 0 aliphatic carbocycles. The van der Waals surface area contributed by atoms with Crippen LogP contribution < -0.4 is 11.2 Å². The lowest BCUT2D eigenvalue weighted by Crippen LogP contribution is -2.27. The van der Waals surface area contributed by atoms with E-state index < -0.39 is 0 Å². The molecule has 1 aromatic rings. The van der Waals surface area contributed by atoms with E-state index in [0.29, 0.717) is 15.7 Å². The Morgan fingerprint density at radius 2 is 2.07 bits per heavy atom. The third-order valence-electron chi connectivity index (χ3n) is 1.58. The molecule has 0 unspecified atom stereocenters. The highest BCUT2D eigenvalue weighted by atomic mass is 35.5. The van der Waals surface area contributed by atoms with Gasteiger partial charge in [-0.25, -0.2) is 10.5 Å². The molecule has 0 atom stereocenters. The van der Waals surface area contributed by atoms with E-state index in [1.54, 1.807) is 17.6 Å². The van der Waals surface area contributed by atoms with E-state index in [0.717, 1.165) is 5.56 Å². The van der Waals surface area contributed by atoms with Crippen molar-refractivity contribution in [1.29, 1.82) is 0 Å². The van der Waals surface area contributed by atoms with Gasteiger partial charge < -0.3 is 5.73 Å². The quantitative estimate of drug-likeness (QED) is 0.396. The maximum atomic E-state index is 8.43. The number of aliphatic imine (C=N–C) groups is 1. The minimum absolute atomic E-state index is 0.146. The molecule has 0 radical (unpaired) electrons. The van der Waals surface area contributed by atoms with Gasteiger partial charge in [0.25, 0.3) is 0 Å². The zero-order valence-electron chi connectivity index (χ0n) is 7.38. The molecule has 1 aromatic carbocycles. The highest BCUT2D eigenvalue weighted by Gasteiger charge is 2.04. The second-order valence-electron chi connectivity index (χ2n) is 2.66. The SMILES string of the molecule is Cc1cc(Cl)c(N=C(N)NO)cc1Cl. The number of nitrogens with zero attached hydrogens (tertiary/aromatic N) is 1. The summed E-state index contributed by atoms with van der Waals surface area (Å²) in [5.41, 5.74) is 8.21. The molecule has 4 N–H and O–H groups in total. The predicted octanol–water partition coefficient (Wildman–Crippen LogP) is 2.23. The Morgan fingerprint density at radius 3 is 2.64 bits per heavy atom. The van der Waals surface area contributed by atoms with Crippen molar-refractivity contribution in [2.75, 3.05) is 0 Å². The second-order valence-corrected chi connectivity index (χ2v) is 3.48. The summed E-state index contributed by atoms with van der Waals surface area (Å²) in [7, 11) is 0. The zero-order chi connectivity index (χ0) is 10.7. The van der Waals surface area contributed by atoms with Crippen molar-refractivity contribution < 1.29 is 5.21 Å². The van der Waals surface area contributed by atoms with Gasteiger partial charge in [0.15, 0.2) is 0 Å². The number of hydroxylamine groups is 1. The zero-order valence-corrected chi connectivity index (χ0v) is 8.89. The number of benzene rings is 1. The van der Waals surface area contributed by atoms with Gasteiger partial charge in [0.2, 0.25) is 5.96 Å². The summed E-state index contributed by atoms with van der Waals surface area (Å²) in [5.74, 6) is -0.146. The summed E-state index contributed by atoms with van der Waals surface area (Å²) in [6.07, 6.45) is 0. The van der Waals surface area contributed by atoms with Crippen molar-refractivity contribution in [3.63, 3.8) is 0 Å². The molecule has 0 fully saturated rings. The van der Waals surface area contributed by atoms with Gasteiger partial charge in [-0.2, -0.15) is 0 Å². The van der Waals surface area contributed by atoms with E-state index in [2.05, 4.69) is 4.99 Å². The first kappa shape index (κ1) is 11.1. The van der Waals surface area contributed by atoms with Crippen LogP contribution in [-0.4, -0.2) is 11.2 Å². The second kappa shape index (κ2) is 4.50. The lowest BCUT2D eigenvalue weighted by Gasteiger charge is -2.03. The van der Waals surface area contributed by atoms with Crippen LogP contribution in [0.5, 0.6) is 0 Å². The molecule has 0 bridgehead atoms. The molecule has 76 valence electrons. The van der Waals surface area contributed by atoms with E-state index in [-0.39, 0.29) is 5.96 Å². The smallest absolute Gasteiger partial charge is 0.218 e. The molecule has 4 nitrogen and oxygen atoms in total. The number of guanidine groups is 1. The number of hydrogen-bond acceptors (Lipinski definition) is 2. The number of rotatable bonds is 1. The Hall–Kier alpha value is -0.970. The van der Waals surface area contributed by atoms with Gasteiger partial charge in [-0.05, 0) is 24.6 Å². The molecular formula is C8H9Cl2N3O. The van der Waals surface area contributed by atoms with Crippen LogP contribution in [0.4, 0.5) is 5.69 Å². The first-order valence-electron chi connectivity index (χ1n) is 3.74. The largest absolute Gasteiger partial charge is 0.368 e. The van der Waals surface area contributed by atoms with E-state index >= 15 is 0 Å². The number of aryl methyl sites for hydroxylation is 1. The normalized spacial score (nSPS) is 11.6. The van der Waals surface area contributed by atoms with Crippen molar-refractivity contribution in [3.05, 3.63) is 27.7 Å². The Labute approximate surface area is 91.3 Å². The molecule has 0 saturated heterocycles. The minimum atomic E-state index is -0.146. The van der Waals surface area contributed by atoms with Crippen LogP contribution in [-0.2, 0) is 0 Å².